The van der Waals surface area contributed by atoms with Crippen LogP contribution < -0.4 is 10.1 Å². The van der Waals surface area contributed by atoms with Crippen molar-refractivity contribution in [2.45, 2.75) is 17.7 Å². The molecular weight excluding hydrogens is 318 g/mol. The van der Waals surface area contributed by atoms with Crippen molar-refractivity contribution in [1.82, 2.24) is 5.32 Å². The van der Waals surface area contributed by atoms with Crippen molar-refractivity contribution in [1.29, 1.82) is 0 Å². The Balaban J connectivity index is 1.46. The van der Waals surface area contributed by atoms with Gasteiger partial charge in [-0.2, -0.15) is 0 Å². The largest absolute Gasteiger partial charge is 0.493 e. The van der Waals surface area contributed by atoms with Crippen LogP contribution in [-0.2, 0) is 17.6 Å². The maximum absolute atomic E-state index is 11.9. The first-order chi connectivity index (χ1) is 11.7. The number of thioether (sulfide) groups is 1. The third-order valence-corrected chi connectivity index (χ3v) is 4.75. The summed E-state index contributed by atoms with van der Waals surface area (Å²) in [5, 5.41) is 2.93. The van der Waals surface area contributed by atoms with E-state index in [0.717, 1.165) is 30.8 Å². The molecule has 0 spiro atoms. The highest BCUT2D eigenvalue weighted by Crippen LogP contribution is 2.25. The molecule has 0 radical (unpaired) electrons. The number of fused-ring (bicyclic) bond motifs is 1. The number of ether oxygens (including phenoxy) is 1. The normalized spacial score (nSPS) is 12.9. The molecule has 0 atom stereocenters. The van der Waals surface area contributed by atoms with E-state index in [1.54, 1.807) is 17.8 Å². The van der Waals surface area contributed by atoms with Gasteiger partial charge in [-0.05, 0) is 53.6 Å². The first-order valence-electron chi connectivity index (χ1n) is 8.09. The van der Waals surface area contributed by atoms with Crippen LogP contribution in [0.4, 0.5) is 0 Å². The number of hydrogen-bond donors (Lipinski definition) is 1. The van der Waals surface area contributed by atoms with Crippen LogP contribution in [0.25, 0.3) is 6.08 Å². The van der Waals surface area contributed by atoms with Gasteiger partial charge in [-0.25, -0.2) is 0 Å². The summed E-state index contributed by atoms with van der Waals surface area (Å²) in [6.07, 6.45) is 7.28. The van der Waals surface area contributed by atoms with E-state index in [1.807, 2.05) is 30.5 Å². The standard InChI is InChI=1S/C20H21NO2S/c1-24-18-6-2-15(3-7-18)5-9-20(22)21-12-10-16-4-8-19-17(14-16)11-13-23-19/h2-9,14H,10-13H2,1H3,(H,21,22)/b9-5+. The lowest BCUT2D eigenvalue weighted by Gasteiger charge is -2.05. The van der Waals surface area contributed by atoms with E-state index in [2.05, 4.69) is 29.6 Å². The summed E-state index contributed by atoms with van der Waals surface area (Å²) in [6, 6.07) is 14.4. The summed E-state index contributed by atoms with van der Waals surface area (Å²) in [6.45, 7) is 1.41. The predicted octanol–water partition coefficient (Wildman–Crippen LogP) is 3.72. The lowest BCUT2D eigenvalue weighted by molar-refractivity contribution is -0.116. The van der Waals surface area contributed by atoms with E-state index in [1.165, 1.54) is 16.0 Å². The Bertz CT molecular complexity index is 738. The fourth-order valence-corrected chi connectivity index (χ4v) is 3.08. The second-order valence-electron chi connectivity index (χ2n) is 5.69. The van der Waals surface area contributed by atoms with Crippen molar-refractivity contribution in [3.63, 3.8) is 0 Å². The van der Waals surface area contributed by atoms with Crippen molar-refractivity contribution < 1.29 is 9.53 Å². The number of carbonyl (C=O) groups excluding carboxylic acids is 1. The lowest BCUT2D eigenvalue weighted by atomic mass is 10.1. The van der Waals surface area contributed by atoms with Gasteiger partial charge in [0.2, 0.25) is 5.91 Å². The Kier molecular flexibility index (Phi) is 5.59. The fourth-order valence-electron chi connectivity index (χ4n) is 2.67. The Hall–Kier alpha value is -2.20. The fraction of sp³-hybridized carbons (Fsp3) is 0.250. The molecule has 24 heavy (non-hydrogen) atoms. The van der Waals surface area contributed by atoms with Crippen LogP contribution >= 0.6 is 11.8 Å². The molecule has 2 aromatic carbocycles. The van der Waals surface area contributed by atoms with E-state index >= 15 is 0 Å². The number of nitrogens with one attached hydrogen (secondary N) is 1. The van der Waals surface area contributed by atoms with Crippen LogP contribution in [0.1, 0.15) is 16.7 Å². The molecule has 0 aromatic heterocycles. The minimum Gasteiger partial charge on any atom is -0.493 e. The molecule has 1 amide bonds. The molecule has 3 rings (SSSR count). The summed E-state index contributed by atoms with van der Waals surface area (Å²) < 4.78 is 5.50. The molecule has 3 nitrogen and oxygen atoms in total. The van der Waals surface area contributed by atoms with E-state index in [9.17, 15) is 4.79 Å². The number of hydrogen-bond acceptors (Lipinski definition) is 3. The molecule has 1 heterocycles. The molecule has 0 aliphatic carbocycles. The van der Waals surface area contributed by atoms with Crippen molar-refractivity contribution in [3.8, 4) is 5.75 Å². The Labute approximate surface area is 147 Å². The SMILES string of the molecule is CSc1ccc(/C=C/C(=O)NCCc2ccc3c(c2)CCO3)cc1. The third kappa shape index (κ3) is 4.42. The maximum atomic E-state index is 11.9. The third-order valence-electron chi connectivity index (χ3n) is 4.01. The second kappa shape index (κ2) is 8.06. The Morgan fingerprint density at radius 3 is 2.88 bits per heavy atom. The lowest BCUT2D eigenvalue weighted by Crippen LogP contribution is -2.23. The molecule has 1 aliphatic heterocycles. The molecular formula is C20H21NO2S. The van der Waals surface area contributed by atoms with Gasteiger partial charge in [0.1, 0.15) is 5.75 Å². The quantitative estimate of drug-likeness (QED) is 0.644. The predicted molar refractivity (Wildman–Crippen MR) is 99.6 cm³/mol. The molecule has 0 fully saturated rings. The van der Waals surface area contributed by atoms with Crippen LogP contribution in [0.5, 0.6) is 5.75 Å². The smallest absolute Gasteiger partial charge is 0.244 e. The summed E-state index contributed by atoms with van der Waals surface area (Å²) >= 11 is 1.71. The Morgan fingerprint density at radius 2 is 2.08 bits per heavy atom. The van der Waals surface area contributed by atoms with E-state index < -0.39 is 0 Å². The van der Waals surface area contributed by atoms with E-state index in [4.69, 9.17) is 4.74 Å². The first-order valence-corrected chi connectivity index (χ1v) is 9.31. The first kappa shape index (κ1) is 16.7. The maximum Gasteiger partial charge on any atom is 0.244 e. The molecule has 1 N–H and O–H groups in total. The second-order valence-corrected chi connectivity index (χ2v) is 6.57. The number of benzene rings is 2. The molecule has 1 aliphatic rings. The zero-order valence-electron chi connectivity index (χ0n) is 13.7. The average Bonchev–Trinajstić information content (AvgIpc) is 3.08. The summed E-state index contributed by atoms with van der Waals surface area (Å²) in [4.78, 5) is 13.1. The number of rotatable bonds is 6. The number of carbonyl (C=O) groups is 1. The molecule has 0 unspecified atom stereocenters. The zero-order valence-corrected chi connectivity index (χ0v) is 14.6. The zero-order chi connectivity index (χ0) is 16.8. The summed E-state index contributed by atoms with van der Waals surface area (Å²) in [5.41, 5.74) is 3.53. The van der Waals surface area contributed by atoms with Crippen molar-refractivity contribution in [3.05, 3.63) is 65.2 Å². The van der Waals surface area contributed by atoms with Crippen LogP contribution in [0.3, 0.4) is 0 Å². The van der Waals surface area contributed by atoms with E-state index in [0.29, 0.717) is 6.54 Å². The molecule has 0 bridgehead atoms. The van der Waals surface area contributed by atoms with Crippen LogP contribution in [0, 0.1) is 0 Å². The molecule has 0 saturated carbocycles. The number of amides is 1. The van der Waals surface area contributed by atoms with Crippen LogP contribution in [0.2, 0.25) is 0 Å². The van der Waals surface area contributed by atoms with Gasteiger partial charge in [0, 0.05) is 23.9 Å². The van der Waals surface area contributed by atoms with Gasteiger partial charge in [-0.1, -0.05) is 24.3 Å². The van der Waals surface area contributed by atoms with Crippen LogP contribution in [0.15, 0.2) is 53.4 Å². The summed E-state index contributed by atoms with van der Waals surface area (Å²) in [7, 11) is 0. The van der Waals surface area contributed by atoms with Gasteiger partial charge in [-0.3, -0.25) is 4.79 Å². The highest BCUT2D eigenvalue weighted by atomic mass is 32.2. The molecule has 4 heteroatoms. The molecule has 124 valence electrons. The van der Waals surface area contributed by atoms with Crippen molar-refractivity contribution >= 4 is 23.7 Å². The van der Waals surface area contributed by atoms with E-state index in [-0.39, 0.29) is 5.91 Å². The van der Waals surface area contributed by atoms with Gasteiger partial charge in [0.25, 0.3) is 0 Å². The Morgan fingerprint density at radius 1 is 1.25 bits per heavy atom. The van der Waals surface area contributed by atoms with Gasteiger partial charge < -0.3 is 10.1 Å². The topological polar surface area (TPSA) is 38.3 Å². The van der Waals surface area contributed by atoms with Crippen molar-refractivity contribution in [2.24, 2.45) is 0 Å². The average molecular weight is 339 g/mol. The van der Waals surface area contributed by atoms with Crippen LogP contribution in [-0.4, -0.2) is 25.3 Å². The monoisotopic (exact) mass is 339 g/mol. The molecule has 0 saturated heterocycles. The van der Waals surface area contributed by atoms with Gasteiger partial charge >= 0.3 is 0 Å². The molecule has 2 aromatic rings. The van der Waals surface area contributed by atoms with Gasteiger partial charge in [0.15, 0.2) is 0 Å². The highest BCUT2D eigenvalue weighted by molar-refractivity contribution is 7.98. The minimum atomic E-state index is -0.0616. The minimum absolute atomic E-state index is 0.0616. The van der Waals surface area contributed by atoms with Gasteiger partial charge in [-0.15, -0.1) is 11.8 Å². The van der Waals surface area contributed by atoms with Gasteiger partial charge in [0.05, 0.1) is 6.61 Å². The summed E-state index contributed by atoms with van der Waals surface area (Å²) in [5.74, 6) is 0.937. The highest BCUT2D eigenvalue weighted by Gasteiger charge is 2.11. The van der Waals surface area contributed by atoms with Crippen molar-refractivity contribution in [2.75, 3.05) is 19.4 Å².